The molecule has 18 heavy (non-hydrogen) atoms. The second-order valence-electron chi connectivity index (χ2n) is 3.80. The molecule has 1 aromatic carbocycles. The molecular weight excluding hydrogens is 232 g/mol. The highest BCUT2D eigenvalue weighted by molar-refractivity contribution is 5.94. The first kappa shape index (κ1) is 12.1. The van der Waals surface area contributed by atoms with Crippen LogP contribution in [0.25, 0.3) is 0 Å². The number of carboxylic acids is 1. The monoisotopic (exact) mass is 246 g/mol. The zero-order valence-corrected chi connectivity index (χ0v) is 9.78. The van der Waals surface area contributed by atoms with Gasteiger partial charge in [0.05, 0.1) is 11.8 Å². The molecule has 6 heteroatoms. The molecule has 0 saturated heterocycles. The van der Waals surface area contributed by atoms with Gasteiger partial charge in [-0.15, -0.1) is 5.10 Å². The molecule has 0 bridgehead atoms. The number of para-hydroxylation sites is 1. The molecule has 0 aliphatic heterocycles. The van der Waals surface area contributed by atoms with E-state index in [2.05, 4.69) is 15.6 Å². The number of benzene rings is 1. The third-order valence-electron chi connectivity index (χ3n) is 2.51. The lowest BCUT2D eigenvalue weighted by atomic mass is 10.2. The highest BCUT2D eigenvalue weighted by Crippen LogP contribution is 2.14. The summed E-state index contributed by atoms with van der Waals surface area (Å²) in [6, 6.07) is 6.87. The van der Waals surface area contributed by atoms with E-state index in [0.717, 1.165) is 13.0 Å². The van der Waals surface area contributed by atoms with Crippen LogP contribution in [0.3, 0.4) is 0 Å². The van der Waals surface area contributed by atoms with Gasteiger partial charge in [0.1, 0.15) is 0 Å². The second-order valence-corrected chi connectivity index (χ2v) is 3.80. The molecule has 1 heterocycles. The van der Waals surface area contributed by atoms with Gasteiger partial charge < -0.3 is 10.4 Å². The normalized spacial score (nSPS) is 10.2. The Labute approximate surface area is 104 Å². The van der Waals surface area contributed by atoms with E-state index in [1.54, 1.807) is 35.3 Å². The van der Waals surface area contributed by atoms with Crippen molar-refractivity contribution >= 4 is 11.7 Å². The Bertz CT molecular complexity index is 511. The molecule has 2 rings (SSSR count). The van der Waals surface area contributed by atoms with Crippen LogP contribution in [0.5, 0.6) is 0 Å². The van der Waals surface area contributed by atoms with E-state index in [4.69, 9.17) is 5.11 Å². The molecule has 0 aliphatic carbocycles. The topological polar surface area (TPSA) is 80.0 Å². The van der Waals surface area contributed by atoms with Gasteiger partial charge in [-0.2, -0.15) is 0 Å². The number of hydrogen-bond acceptors (Lipinski definition) is 4. The highest BCUT2D eigenvalue weighted by Gasteiger charge is 2.07. The summed E-state index contributed by atoms with van der Waals surface area (Å²) in [5.41, 5.74) is 0.932. The van der Waals surface area contributed by atoms with Gasteiger partial charge in [0.25, 0.3) is 0 Å². The van der Waals surface area contributed by atoms with Crippen LogP contribution in [0.2, 0.25) is 0 Å². The van der Waals surface area contributed by atoms with Crippen molar-refractivity contribution in [2.45, 2.75) is 13.0 Å². The molecule has 0 saturated carbocycles. The summed E-state index contributed by atoms with van der Waals surface area (Å²) in [6.07, 6.45) is 4.27. The Morgan fingerprint density at radius 1 is 1.39 bits per heavy atom. The number of anilines is 1. The zero-order chi connectivity index (χ0) is 12.8. The first-order chi connectivity index (χ1) is 8.77. The Hall–Kier alpha value is -2.37. The Morgan fingerprint density at radius 3 is 2.94 bits per heavy atom. The Kier molecular flexibility index (Phi) is 3.90. The van der Waals surface area contributed by atoms with Gasteiger partial charge in [-0.05, 0) is 18.6 Å². The largest absolute Gasteiger partial charge is 0.478 e. The van der Waals surface area contributed by atoms with Crippen LogP contribution in [-0.2, 0) is 6.54 Å². The number of hydrogen-bond donors (Lipinski definition) is 2. The van der Waals surface area contributed by atoms with Crippen molar-refractivity contribution in [3.05, 3.63) is 42.2 Å². The number of nitrogens with one attached hydrogen (secondary N) is 1. The Balaban J connectivity index is 1.85. The number of aryl methyl sites for hydroxylation is 1. The molecule has 0 spiro atoms. The number of nitrogens with zero attached hydrogens (tertiary/aromatic N) is 3. The van der Waals surface area contributed by atoms with Crippen molar-refractivity contribution in [3.8, 4) is 0 Å². The molecule has 94 valence electrons. The van der Waals surface area contributed by atoms with E-state index in [9.17, 15) is 4.79 Å². The van der Waals surface area contributed by atoms with E-state index < -0.39 is 5.97 Å². The van der Waals surface area contributed by atoms with Crippen LogP contribution in [0.15, 0.2) is 36.7 Å². The van der Waals surface area contributed by atoms with E-state index >= 15 is 0 Å². The summed E-state index contributed by atoms with van der Waals surface area (Å²) in [4.78, 5) is 11.0. The van der Waals surface area contributed by atoms with Gasteiger partial charge in [-0.3, -0.25) is 4.68 Å². The fourth-order valence-corrected chi connectivity index (χ4v) is 1.64. The predicted molar refractivity (Wildman–Crippen MR) is 66.5 cm³/mol. The molecule has 1 aromatic heterocycles. The van der Waals surface area contributed by atoms with Crippen LogP contribution in [0.1, 0.15) is 16.8 Å². The summed E-state index contributed by atoms with van der Waals surface area (Å²) in [5, 5.41) is 19.7. The predicted octanol–water partition coefficient (Wildman–Crippen LogP) is 1.48. The van der Waals surface area contributed by atoms with E-state index in [-0.39, 0.29) is 0 Å². The van der Waals surface area contributed by atoms with Crippen LogP contribution < -0.4 is 5.32 Å². The summed E-state index contributed by atoms with van der Waals surface area (Å²) < 4.78 is 1.74. The molecule has 0 aliphatic rings. The van der Waals surface area contributed by atoms with E-state index in [0.29, 0.717) is 17.8 Å². The number of carbonyl (C=O) groups is 1. The quantitative estimate of drug-likeness (QED) is 0.754. The lowest BCUT2D eigenvalue weighted by Gasteiger charge is -2.09. The minimum atomic E-state index is -0.922. The van der Waals surface area contributed by atoms with E-state index in [1.165, 1.54) is 0 Å². The Morgan fingerprint density at radius 2 is 2.22 bits per heavy atom. The third kappa shape index (κ3) is 3.07. The summed E-state index contributed by atoms with van der Waals surface area (Å²) in [6.45, 7) is 1.44. The fourth-order valence-electron chi connectivity index (χ4n) is 1.64. The molecule has 2 aromatic rings. The van der Waals surface area contributed by atoms with Gasteiger partial charge >= 0.3 is 5.97 Å². The average molecular weight is 246 g/mol. The molecule has 0 radical (unpaired) electrons. The molecule has 0 fully saturated rings. The summed E-state index contributed by atoms with van der Waals surface area (Å²) in [5.74, 6) is -0.922. The van der Waals surface area contributed by atoms with Crippen molar-refractivity contribution in [1.82, 2.24) is 15.0 Å². The maximum atomic E-state index is 11.0. The fraction of sp³-hybridized carbons (Fsp3) is 0.250. The van der Waals surface area contributed by atoms with Crippen molar-refractivity contribution in [2.24, 2.45) is 0 Å². The smallest absolute Gasteiger partial charge is 0.337 e. The minimum Gasteiger partial charge on any atom is -0.478 e. The summed E-state index contributed by atoms with van der Waals surface area (Å²) in [7, 11) is 0. The van der Waals surface area contributed by atoms with Crippen LogP contribution >= 0.6 is 0 Å². The maximum absolute atomic E-state index is 11.0. The SMILES string of the molecule is O=C(O)c1ccccc1NCCCn1ccnn1. The molecule has 2 N–H and O–H groups in total. The zero-order valence-electron chi connectivity index (χ0n) is 9.78. The van der Waals surface area contributed by atoms with Gasteiger partial charge in [0.15, 0.2) is 0 Å². The van der Waals surface area contributed by atoms with Gasteiger partial charge in [-0.1, -0.05) is 17.3 Å². The van der Waals surface area contributed by atoms with Gasteiger partial charge in [-0.25, -0.2) is 4.79 Å². The second kappa shape index (κ2) is 5.81. The average Bonchev–Trinajstić information content (AvgIpc) is 2.88. The number of aromatic carboxylic acids is 1. The number of aromatic nitrogens is 3. The van der Waals surface area contributed by atoms with Crippen molar-refractivity contribution < 1.29 is 9.90 Å². The molecule has 0 unspecified atom stereocenters. The van der Waals surface area contributed by atoms with Crippen molar-refractivity contribution in [1.29, 1.82) is 0 Å². The van der Waals surface area contributed by atoms with Crippen molar-refractivity contribution in [2.75, 3.05) is 11.9 Å². The first-order valence-corrected chi connectivity index (χ1v) is 5.67. The standard InChI is InChI=1S/C12H14N4O2/c17-12(18)10-4-1-2-5-11(10)13-6-3-8-16-9-7-14-15-16/h1-2,4-5,7,9,13H,3,6,8H2,(H,17,18). The van der Waals surface area contributed by atoms with Gasteiger partial charge in [0.2, 0.25) is 0 Å². The summed E-state index contributed by atoms with van der Waals surface area (Å²) >= 11 is 0. The molecule has 0 atom stereocenters. The van der Waals surface area contributed by atoms with Crippen LogP contribution in [0.4, 0.5) is 5.69 Å². The van der Waals surface area contributed by atoms with Gasteiger partial charge in [0, 0.05) is 25.0 Å². The number of carboxylic acid groups (broad SMARTS) is 1. The first-order valence-electron chi connectivity index (χ1n) is 5.67. The lowest BCUT2D eigenvalue weighted by molar-refractivity contribution is 0.0698. The van der Waals surface area contributed by atoms with Crippen molar-refractivity contribution in [3.63, 3.8) is 0 Å². The third-order valence-corrected chi connectivity index (χ3v) is 2.51. The lowest BCUT2D eigenvalue weighted by Crippen LogP contribution is -2.10. The van der Waals surface area contributed by atoms with E-state index in [1.807, 2.05) is 6.07 Å². The number of rotatable bonds is 6. The molecular formula is C12H14N4O2. The van der Waals surface area contributed by atoms with Crippen LogP contribution in [-0.4, -0.2) is 32.6 Å². The minimum absolute atomic E-state index is 0.290. The molecule has 6 nitrogen and oxygen atoms in total. The maximum Gasteiger partial charge on any atom is 0.337 e. The van der Waals surface area contributed by atoms with Crippen LogP contribution in [0, 0.1) is 0 Å². The molecule has 0 amide bonds. The highest BCUT2D eigenvalue weighted by atomic mass is 16.4.